The van der Waals surface area contributed by atoms with Gasteiger partial charge in [-0.3, -0.25) is 4.79 Å². The topological polar surface area (TPSA) is 109 Å². The van der Waals surface area contributed by atoms with Gasteiger partial charge in [0.15, 0.2) is 6.10 Å². The summed E-state index contributed by atoms with van der Waals surface area (Å²) in [6, 6.07) is 4.07. The van der Waals surface area contributed by atoms with Crippen molar-refractivity contribution in [1.82, 2.24) is 5.32 Å². The van der Waals surface area contributed by atoms with Gasteiger partial charge in [0.1, 0.15) is 11.3 Å². The smallest absolute Gasteiger partial charge is 0.339 e. The Hall–Kier alpha value is -2.83. The van der Waals surface area contributed by atoms with Crippen molar-refractivity contribution < 1.29 is 23.8 Å². The molecule has 27 heavy (non-hydrogen) atoms. The number of aryl methyl sites for hydroxylation is 1. The van der Waals surface area contributed by atoms with E-state index in [0.717, 1.165) is 35.8 Å². The maximum Gasteiger partial charge on any atom is 0.339 e. The highest BCUT2D eigenvalue weighted by atomic mass is 16.5. The molecule has 0 radical (unpaired) electrons. The Labute approximate surface area is 156 Å². The van der Waals surface area contributed by atoms with Crippen LogP contribution in [0, 0.1) is 0 Å². The highest BCUT2D eigenvalue weighted by Crippen LogP contribution is 2.29. The summed E-state index contributed by atoms with van der Waals surface area (Å²) in [7, 11) is 0. The van der Waals surface area contributed by atoms with Crippen LogP contribution >= 0.6 is 0 Å². The number of hydrogen-bond donors (Lipinski definition) is 1. The van der Waals surface area contributed by atoms with Gasteiger partial charge in [-0.25, -0.2) is 4.79 Å². The molecule has 1 aliphatic rings. The standard InChI is InChI=1S/C20H23NO6/c1-3-5-16(19(23)24)21-18(22)11(2)26-12-8-9-14-13-6-4-7-15(13)20(25)27-17(14)10-12/h8-11,16H,3-7H2,1-2H3,(H,21,22)(H,23,24)/p-1/t11-,16+/m1/s1. The van der Waals surface area contributed by atoms with Gasteiger partial charge >= 0.3 is 5.63 Å². The molecular weight excluding hydrogens is 350 g/mol. The zero-order chi connectivity index (χ0) is 19.6. The second-order valence-corrected chi connectivity index (χ2v) is 6.79. The van der Waals surface area contributed by atoms with Gasteiger partial charge in [-0.2, -0.15) is 0 Å². The third-order valence-corrected chi connectivity index (χ3v) is 4.81. The second kappa shape index (κ2) is 7.82. The van der Waals surface area contributed by atoms with Crippen LogP contribution in [-0.2, 0) is 22.4 Å². The monoisotopic (exact) mass is 372 g/mol. The van der Waals surface area contributed by atoms with E-state index >= 15 is 0 Å². The lowest BCUT2D eigenvalue weighted by atomic mass is 10.1. The average Bonchev–Trinajstić information content (AvgIpc) is 3.11. The van der Waals surface area contributed by atoms with Crippen molar-refractivity contribution in [2.45, 2.75) is 58.1 Å². The van der Waals surface area contributed by atoms with E-state index in [1.165, 1.54) is 6.92 Å². The molecule has 0 bridgehead atoms. The molecule has 0 unspecified atom stereocenters. The minimum absolute atomic E-state index is 0.285. The highest BCUT2D eigenvalue weighted by Gasteiger charge is 2.22. The number of fused-ring (bicyclic) bond motifs is 3. The fourth-order valence-electron chi connectivity index (χ4n) is 3.42. The van der Waals surface area contributed by atoms with E-state index in [-0.39, 0.29) is 12.0 Å². The zero-order valence-corrected chi connectivity index (χ0v) is 15.4. The van der Waals surface area contributed by atoms with Gasteiger partial charge in [0, 0.05) is 17.0 Å². The molecule has 2 aromatic rings. The van der Waals surface area contributed by atoms with Gasteiger partial charge in [-0.05, 0) is 50.3 Å². The third-order valence-electron chi connectivity index (χ3n) is 4.81. The molecule has 0 saturated heterocycles. The lowest BCUT2D eigenvalue weighted by molar-refractivity contribution is -0.308. The Balaban J connectivity index is 1.76. The van der Waals surface area contributed by atoms with Crippen LogP contribution in [-0.4, -0.2) is 24.0 Å². The number of ether oxygens (including phenoxy) is 1. The van der Waals surface area contributed by atoms with E-state index in [2.05, 4.69) is 5.32 Å². The number of carbonyl (C=O) groups excluding carboxylic acids is 2. The summed E-state index contributed by atoms with van der Waals surface area (Å²) in [5.41, 5.74) is 1.86. The Morgan fingerprint density at radius 2 is 2.04 bits per heavy atom. The third kappa shape index (κ3) is 3.97. The van der Waals surface area contributed by atoms with Crippen molar-refractivity contribution in [3.05, 3.63) is 39.7 Å². The number of nitrogens with one attached hydrogen (secondary N) is 1. The average molecular weight is 372 g/mol. The van der Waals surface area contributed by atoms with Crippen molar-refractivity contribution in [3.63, 3.8) is 0 Å². The number of aliphatic carboxylic acids is 1. The molecule has 144 valence electrons. The van der Waals surface area contributed by atoms with Gasteiger partial charge in [0.05, 0.1) is 12.0 Å². The first-order valence-electron chi connectivity index (χ1n) is 9.17. The van der Waals surface area contributed by atoms with E-state index in [1.807, 2.05) is 13.0 Å². The molecule has 1 heterocycles. The fourth-order valence-corrected chi connectivity index (χ4v) is 3.42. The van der Waals surface area contributed by atoms with Crippen LogP contribution in [0.25, 0.3) is 11.0 Å². The summed E-state index contributed by atoms with van der Waals surface area (Å²) in [4.78, 5) is 35.4. The SMILES string of the molecule is CCC[C@H](NC(=O)[C@@H](C)Oc1ccc2c3c(c(=O)oc2c1)CCC3)C(=O)[O-]. The Kier molecular flexibility index (Phi) is 5.48. The van der Waals surface area contributed by atoms with Gasteiger partial charge in [-0.1, -0.05) is 13.3 Å². The van der Waals surface area contributed by atoms with E-state index < -0.39 is 24.0 Å². The number of carbonyl (C=O) groups is 2. The van der Waals surface area contributed by atoms with Gasteiger partial charge < -0.3 is 24.4 Å². The molecule has 2 atom stereocenters. The second-order valence-electron chi connectivity index (χ2n) is 6.79. The number of rotatable bonds is 7. The number of hydrogen-bond acceptors (Lipinski definition) is 6. The minimum atomic E-state index is -1.32. The molecule has 1 aliphatic carbocycles. The van der Waals surface area contributed by atoms with Crippen molar-refractivity contribution >= 4 is 22.8 Å². The van der Waals surface area contributed by atoms with Crippen LogP contribution in [0.1, 0.15) is 44.2 Å². The van der Waals surface area contributed by atoms with Crippen molar-refractivity contribution in [3.8, 4) is 5.75 Å². The van der Waals surface area contributed by atoms with Crippen LogP contribution < -0.4 is 20.8 Å². The summed E-state index contributed by atoms with van der Waals surface area (Å²) < 4.78 is 11.0. The van der Waals surface area contributed by atoms with Crippen molar-refractivity contribution in [2.75, 3.05) is 0 Å². The summed E-state index contributed by atoms with van der Waals surface area (Å²) in [6.07, 6.45) is 2.49. The highest BCUT2D eigenvalue weighted by molar-refractivity contribution is 5.86. The zero-order valence-electron chi connectivity index (χ0n) is 15.4. The molecule has 1 aromatic carbocycles. The first kappa shape index (κ1) is 18.9. The molecule has 1 N–H and O–H groups in total. The molecule has 0 fully saturated rings. The molecule has 7 heteroatoms. The summed E-state index contributed by atoms with van der Waals surface area (Å²) in [6.45, 7) is 3.35. The lowest BCUT2D eigenvalue weighted by Crippen LogP contribution is -2.51. The predicted molar refractivity (Wildman–Crippen MR) is 96.4 cm³/mol. The number of carboxylic acids is 1. The lowest BCUT2D eigenvalue weighted by Gasteiger charge is -2.22. The molecule has 7 nitrogen and oxygen atoms in total. The molecule has 3 rings (SSSR count). The van der Waals surface area contributed by atoms with Crippen LogP contribution in [0.15, 0.2) is 27.4 Å². The van der Waals surface area contributed by atoms with E-state index in [0.29, 0.717) is 17.8 Å². The quantitative estimate of drug-likeness (QED) is 0.729. The van der Waals surface area contributed by atoms with E-state index in [4.69, 9.17) is 9.15 Å². The number of benzene rings is 1. The normalized spacial score (nSPS) is 15.2. The van der Waals surface area contributed by atoms with Crippen LogP contribution in [0.5, 0.6) is 5.75 Å². The molecule has 0 saturated carbocycles. The molecule has 0 spiro atoms. The molecule has 1 amide bonds. The van der Waals surface area contributed by atoms with Gasteiger partial charge in [0.25, 0.3) is 5.91 Å². The Bertz CT molecular complexity index is 932. The molecule has 1 aromatic heterocycles. The Morgan fingerprint density at radius 3 is 2.74 bits per heavy atom. The summed E-state index contributed by atoms with van der Waals surface area (Å²) in [5.74, 6) is -1.50. The summed E-state index contributed by atoms with van der Waals surface area (Å²) >= 11 is 0. The number of amides is 1. The Morgan fingerprint density at radius 1 is 1.30 bits per heavy atom. The van der Waals surface area contributed by atoms with Crippen molar-refractivity contribution in [2.24, 2.45) is 0 Å². The van der Waals surface area contributed by atoms with Crippen LogP contribution in [0.3, 0.4) is 0 Å². The number of carboxylic acid groups (broad SMARTS) is 1. The van der Waals surface area contributed by atoms with Gasteiger partial charge in [-0.15, -0.1) is 0 Å². The molecule has 0 aliphatic heterocycles. The largest absolute Gasteiger partial charge is 0.548 e. The summed E-state index contributed by atoms with van der Waals surface area (Å²) in [5, 5.41) is 14.4. The van der Waals surface area contributed by atoms with Gasteiger partial charge in [0.2, 0.25) is 0 Å². The fraction of sp³-hybridized carbons (Fsp3) is 0.450. The van der Waals surface area contributed by atoms with Crippen molar-refractivity contribution in [1.29, 1.82) is 0 Å². The maximum atomic E-state index is 12.2. The minimum Gasteiger partial charge on any atom is -0.548 e. The first-order valence-corrected chi connectivity index (χ1v) is 9.17. The van der Waals surface area contributed by atoms with E-state index in [1.54, 1.807) is 12.1 Å². The molecular formula is C20H22NO6-. The van der Waals surface area contributed by atoms with Crippen LogP contribution in [0.2, 0.25) is 0 Å². The maximum absolute atomic E-state index is 12.2. The first-order chi connectivity index (χ1) is 12.9. The predicted octanol–water partition coefficient (Wildman–Crippen LogP) is 1.08. The van der Waals surface area contributed by atoms with Crippen LogP contribution in [0.4, 0.5) is 0 Å². The van der Waals surface area contributed by atoms with E-state index in [9.17, 15) is 19.5 Å².